The molecule has 1 N–H and O–H groups in total. The maximum atomic E-state index is 9.13. The van der Waals surface area contributed by atoms with Gasteiger partial charge in [0, 0.05) is 6.42 Å². The number of rotatable bonds is 0. The molecule has 0 radical (unpaired) electrons. The predicted molar refractivity (Wildman–Crippen MR) is 42.8 cm³/mol. The molecule has 1 aliphatic rings. The van der Waals surface area contributed by atoms with Gasteiger partial charge in [0.1, 0.15) is 17.7 Å². The van der Waals surface area contributed by atoms with Crippen LogP contribution in [0.15, 0.2) is 23.0 Å². The Kier molecular flexibility index (Phi) is 2.50. The predicted octanol–water partition coefficient (Wildman–Crippen LogP) is 1.96. The van der Waals surface area contributed by atoms with Crippen molar-refractivity contribution in [3.8, 4) is 12.1 Å². The van der Waals surface area contributed by atoms with Crippen molar-refractivity contribution < 1.29 is 5.11 Å². The average molecular weight is 160 g/mol. The highest BCUT2D eigenvalue weighted by Gasteiger charge is 2.10. The van der Waals surface area contributed by atoms with E-state index in [4.69, 9.17) is 15.6 Å². The average Bonchev–Trinajstić information content (AvgIpc) is 2.07. The second kappa shape index (κ2) is 3.59. The molecule has 0 aliphatic heterocycles. The minimum absolute atomic E-state index is 0.112. The smallest absolute Gasteiger partial charge is 0.132 e. The molecule has 0 heterocycles. The van der Waals surface area contributed by atoms with Gasteiger partial charge in [-0.15, -0.1) is 0 Å². The zero-order valence-corrected chi connectivity index (χ0v) is 6.54. The van der Waals surface area contributed by atoms with Crippen LogP contribution in [0.4, 0.5) is 0 Å². The van der Waals surface area contributed by atoms with Crippen molar-refractivity contribution in [1.82, 2.24) is 0 Å². The van der Waals surface area contributed by atoms with Gasteiger partial charge in [0.2, 0.25) is 0 Å². The summed E-state index contributed by atoms with van der Waals surface area (Å²) < 4.78 is 0. The lowest BCUT2D eigenvalue weighted by Gasteiger charge is -2.09. The van der Waals surface area contributed by atoms with Crippen LogP contribution >= 0.6 is 0 Å². The van der Waals surface area contributed by atoms with Crippen LogP contribution in [0.5, 0.6) is 0 Å². The lowest BCUT2D eigenvalue weighted by molar-refractivity contribution is 0.377. The van der Waals surface area contributed by atoms with Crippen molar-refractivity contribution in [2.45, 2.75) is 19.3 Å². The largest absolute Gasteiger partial charge is 0.512 e. The molecule has 60 valence electrons. The van der Waals surface area contributed by atoms with Gasteiger partial charge in [0.15, 0.2) is 0 Å². The molecule has 0 fully saturated rings. The summed E-state index contributed by atoms with van der Waals surface area (Å²) in [6.07, 6.45) is 3.68. The van der Waals surface area contributed by atoms with Crippen LogP contribution in [0.25, 0.3) is 0 Å². The third-order valence-corrected chi connectivity index (χ3v) is 1.76. The molecule has 0 amide bonds. The van der Waals surface area contributed by atoms with Crippen LogP contribution < -0.4 is 0 Å². The van der Waals surface area contributed by atoms with E-state index in [0.29, 0.717) is 18.4 Å². The van der Waals surface area contributed by atoms with Crippen LogP contribution in [0, 0.1) is 22.7 Å². The number of allylic oxidation sites excluding steroid dienone is 4. The Morgan fingerprint density at radius 3 is 2.50 bits per heavy atom. The highest BCUT2D eigenvalue weighted by molar-refractivity contribution is 5.45. The van der Waals surface area contributed by atoms with Gasteiger partial charge < -0.3 is 5.11 Å². The molecule has 0 saturated heterocycles. The Hall–Kier alpha value is -1.74. The molecule has 12 heavy (non-hydrogen) atoms. The maximum Gasteiger partial charge on any atom is 0.132 e. The van der Waals surface area contributed by atoms with E-state index in [1.54, 1.807) is 12.1 Å². The number of hydrogen-bond donors (Lipinski definition) is 1. The van der Waals surface area contributed by atoms with E-state index in [1.807, 2.05) is 0 Å². The number of nitrogens with zero attached hydrogens (tertiary/aromatic N) is 2. The molecule has 1 aliphatic carbocycles. The topological polar surface area (TPSA) is 67.8 Å². The Bertz CT molecular complexity index is 309. The Balaban J connectivity index is 3.04. The standard InChI is InChI=1S/C9H8N2O/c10-5-8(6-11)7-2-1-3-9(12)4-7/h4,12H,1-3H2. The molecule has 0 aromatic rings. The minimum atomic E-state index is 0.112. The van der Waals surface area contributed by atoms with Gasteiger partial charge >= 0.3 is 0 Å². The molecule has 0 aromatic carbocycles. The maximum absolute atomic E-state index is 9.13. The molecule has 0 unspecified atom stereocenters. The van der Waals surface area contributed by atoms with Crippen molar-refractivity contribution in [1.29, 1.82) is 10.5 Å². The molecule has 0 bridgehead atoms. The molecule has 0 atom stereocenters. The molecular formula is C9H8N2O. The van der Waals surface area contributed by atoms with Gasteiger partial charge in [0.25, 0.3) is 0 Å². The molecule has 0 spiro atoms. The third-order valence-electron chi connectivity index (χ3n) is 1.76. The van der Waals surface area contributed by atoms with Crippen molar-refractivity contribution in [2.75, 3.05) is 0 Å². The summed E-state index contributed by atoms with van der Waals surface area (Å²) in [5, 5.41) is 26.2. The van der Waals surface area contributed by atoms with E-state index in [0.717, 1.165) is 6.42 Å². The van der Waals surface area contributed by atoms with Gasteiger partial charge in [-0.25, -0.2) is 0 Å². The summed E-state index contributed by atoms with van der Waals surface area (Å²) in [4.78, 5) is 0. The van der Waals surface area contributed by atoms with E-state index >= 15 is 0 Å². The van der Waals surface area contributed by atoms with E-state index in [9.17, 15) is 0 Å². The fourth-order valence-electron chi connectivity index (χ4n) is 1.17. The zero-order chi connectivity index (χ0) is 8.97. The second-order valence-corrected chi connectivity index (χ2v) is 2.61. The van der Waals surface area contributed by atoms with Crippen LogP contribution in [0.3, 0.4) is 0 Å². The Morgan fingerprint density at radius 1 is 1.33 bits per heavy atom. The molecule has 3 nitrogen and oxygen atoms in total. The SMILES string of the molecule is N#CC(C#N)=C1C=C(O)CCC1. The second-order valence-electron chi connectivity index (χ2n) is 2.61. The van der Waals surface area contributed by atoms with Gasteiger partial charge in [-0.1, -0.05) is 0 Å². The highest BCUT2D eigenvalue weighted by Crippen LogP contribution is 2.22. The number of aliphatic hydroxyl groups is 1. The van der Waals surface area contributed by atoms with Crippen molar-refractivity contribution in [3.05, 3.63) is 23.0 Å². The number of hydrogen-bond acceptors (Lipinski definition) is 3. The summed E-state index contributed by atoms with van der Waals surface area (Å²) >= 11 is 0. The quantitative estimate of drug-likeness (QED) is 0.550. The highest BCUT2D eigenvalue weighted by atomic mass is 16.3. The fourth-order valence-corrected chi connectivity index (χ4v) is 1.17. The van der Waals surface area contributed by atoms with E-state index in [-0.39, 0.29) is 11.3 Å². The molecule has 0 aromatic heterocycles. The zero-order valence-electron chi connectivity index (χ0n) is 6.54. The summed E-state index contributed by atoms with van der Waals surface area (Å²) in [6.45, 7) is 0. The third kappa shape index (κ3) is 1.65. The first kappa shape index (κ1) is 8.36. The van der Waals surface area contributed by atoms with E-state index < -0.39 is 0 Å². The first-order valence-electron chi connectivity index (χ1n) is 3.71. The fraction of sp³-hybridized carbons (Fsp3) is 0.333. The number of nitriles is 2. The summed E-state index contributed by atoms with van der Waals surface area (Å²) in [5.41, 5.74) is 0.769. The van der Waals surface area contributed by atoms with Crippen LogP contribution in [-0.2, 0) is 0 Å². The van der Waals surface area contributed by atoms with Crippen LogP contribution in [0.1, 0.15) is 19.3 Å². The number of aliphatic hydroxyl groups excluding tert-OH is 1. The summed E-state index contributed by atoms with van der Waals surface area (Å²) in [6, 6.07) is 3.61. The molecule has 3 heteroatoms. The van der Waals surface area contributed by atoms with E-state index in [1.165, 1.54) is 6.08 Å². The summed E-state index contributed by atoms with van der Waals surface area (Å²) in [7, 11) is 0. The first-order valence-corrected chi connectivity index (χ1v) is 3.71. The molecule has 0 saturated carbocycles. The monoisotopic (exact) mass is 160 g/mol. The van der Waals surface area contributed by atoms with Gasteiger partial charge in [0.05, 0.1) is 5.76 Å². The Morgan fingerprint density at radius 2 is 2.00 bits per heavy atom. The van der Waals surface area contributed by atoms with Crippen molar-refractivity contribution in [2.24, 2.45) is 0 Å². The Labute approximate surface area is 70.9 Å². The molecule has 1 rings (SSSR count). The molecular weight excluding hydrogens is 152 g/mol. The first-order chi connectivity index (χ1) is 5.77. The van der Waals surface area contributed by atoms with Crippen molar-refractivity contribution in [3.63, 3.8) is 0 Å². The lowest BCUT2D eigenvalue weighted by atomic mass is 9.97. The van der Waals surface area contributed by atoms with Crippen LogP contribution in [0.2, 0.25) is 0 Å². The van der Waals surface area contributed by atoms with Gasteiger partial charge in [-0.2, -0.15) is 10.5 Å². The summed E-state index contributed by atoms with van der Waals surface area (Å²) in [5.74, 6) is 0.263. The normalized spacial score (nSPS) is 15.8. The lowest BCUT2D eigenvalue weighted by Crippen LogP contribution is -1.96. The van der Waals surface area contributed by atoms with Gasteiger partial charge in [-0.05, 0) is 24.5 Å². The van der Waals surface area contributed by atoms with Gasteiger partial charge in [-0.3, -0.25) is 0 Å². The van der Waals surface area contributed by atoms with Crippen LogP contribution in [-0.4, -0.2) is 5.11 Å². The van der Waals surface area contributed by atoms with E-state index in [2.05, 4.69) is 0 Å². The van der Waals surface area contributed by atoms with Crippen molar-refractivity contribution >= 4 is 0 Å². The minimum Gasteiger partial charge on any atom is -0.512 e.